The van der Waals surface area contributed by atoms with Crippen LogP contribution in [-0.2, 0) is 17.8 Å². The molecule has 3 rings (SSSR count). The number of rotatable bonds is 10. The Labute approximate surface area is 204 Å². The third kappa shape index (κ3) is 6.79. The molecule has 0 fully saturated rings. The first-order chi connectivity index (χ1) is 16.4. The Hall–Kier alpha value is -3.92. The van der Waals surface area contributed by atoms with Crippen molar-refractivity contribution in [3.05, 3.63) is 91.9 Å². The van der Waals surface area contributed by atoms with E-state index in [1.807, 2.05) is 0 Å². The van der Waals surface area contributed by atoms with Crippen LogP contribution in [0.4, 0.5) is 5.69 Å². The maximum absolute atomic E-state index is 12.2. The van der Waals surface area contributed by atoms with E-state index in [0.29, 0.717) is 21.7 Å². The molecule has 1 N–H and O–H groups in total. The van der Waals surface area contributed by atoms with Gasteiger partial charge in [-0.05, 0) is 75.1 Å². The quantitative estimate of drug-likeness (QED) is 0.233. The predicted octanol–water partition coefficient (Wildman–Crippen LogP) is 4.65. The highest BCUT2D eigenvalue weighted by Crippen LogP contribution is 2.28. The van der Waals surface area contributed by atoms with Gasteiger partial charge in [0.2, 0.25) is 5.91 Å². The number of methoxy groups -OCH3 is 2. The summed E-state index contributed by atoms with van der Waals surface area (Å²) in [4.78, 5) is 22.5. The van der Waals surface area contributed by atoms with Crippen molar-refractivity contribution in [1.29, 1.82) is 0 Å². The summed E-state index contributed by atoms with van der Waals surface area (Å²) in [6, 6.07) is 16.8. The normalized spacial score (nSPS) is 10.7. The molecule has 0 bridgehead atoms. The maximum atomic E-state index is 12.2. The molecular weight excluding hydrogens is 506 g/mol. The molecule has 0 aliphatic rings. The van der Waals surface area contributed by atoms with Gasteiger partial charge in [0.25, 0.3) is 5.69 Å². The zero-order chi connectivity index (χ0) is 24.5. The average Bonchev–Trinajstić information content (AvgIpc) is 2.83. The third-order valence-corrected chi connectivity index (χ3v) is 5.33. The number of non-ortho nitro benzene ring substituents is 1. The Bertz CT molecular complexity index is 1200. The van der Waals surface area contributed by atoms with Crippen molar-refractivity contribution >= 4 is 33.7 Å². The van der Waals surface area contributed by atoms with Crippen LogP contribution in [0.25, 0.3) is 0 Å². The molecule has 0 heterocycles. The van der Waals surface area contributed by atoms with Crippen LogP contribution in [0.1, 0.15) is 16.7 Å². The molecule has 3 aromatic carbocycles. The lowest BCUT2D eigenvalue weighted by Gasteiger charge is -2.09. The summed E-state index contributed by atoms with van der Waals surface area (Å²) in [5.74, 6) is 1.48. The van der Waals surface area contributed by atoms with E-state index < -0.39 is 4.92 Å². The van der Waals surface area contributed by atoms with E-state index in [9.17, 15) is 14.9 Å². The number of nitrogens with zero attached hydrogens (tertiary/aromatic N) is 2. The van der Waals surface area contributed by atoms with E-state index in [2.05, 4.69) is 26.5 Å². The Morgan fingerprint density at radius 3 is 2.32 bits per heavy atom. The molecule has 0 unspecified atom stereocenters. The van der Waals surface area contributed by atoms with Crippen molar-refractivity contribution in [2.45, 2.75) is 13.0 Å². The van der Waals surface area contributed by atoms with Gasteiger partial charge in [0.1, 0.15) is 12.4 Å². The van der Waals surface area contributed by atoms with Gasteiger partial charge >= 0.3 is 0 Å². The second kappa shape index (κ2) is 11.8. The number of carbonyl (C=O) groups is 1. The van der Waals surface area contributed by atoms with Crippen LogP contribution in [0.15, 0.2) is 70.2 Å². The van der Waals surface area contributed by atoms with Crippen molar-refractivity contribution in [2.24, 2.45) is 5.10 Å². The number of hydrogen-bond donors (Lipinski definition) is 1. The molecule has 3 aromatic rings. The topological polar surface area (TPSA) is 112 Å². The number of nitrogens with one attached hydrogen (secondary N) is 1. The number of hydrazone groups is 1. The zero-order valence-corrected chi connectivity index (χ0v) is 20.1. The molecule has 0 spiro atoms. The standard InChI is InChI=1S/C24H22BrN3O6/c1-32-22-10-5-17(12-23(22)33-2)13-24(29)27-26-14-18-6-9-21(20(25)11-18)34-15-16-3-7-19(8-4-16)28(30)31/h3-12,14H,13,15H2,1-2H3,(H,27,29)/b26-14+. The highest BCUT2D eigenvalue weighted by Gasteiger charge is 2.09. The number of nitro groups is 1. The summed E-state index contributed by atoms with van der Waals surface area (Å²) in [7, 11) is 3.09. The molecule has 9 nitrogen and oxygen atoms in total. The van der Waals surface area contributed by atoms with E-state index in [1.54, 1.807) is 55.6 Å². The molecule has 1 amide bonds. The number of hydrogen-bond acceptors (Lipinski definition) is 7. The number of halogens is 1. The third-order valence-electron chi connectivity index (χ3n) is 4.71. The van der Waals surface area contributed by atoms with Gasteiger partial charge in [-0.2, -0.15) is 5.10 Å². The van der Waals surface area contributed by atoms with Gasteiger partial charge in [-0.15, -0.1) is 0 Å². The van der Waals surface area contributed by atoms with Crippen LogP contribution in [0.2, 0.25) is 0 Å². The van der Waals surface area contributed by atoms with Gasteiger partial charge in [0, 0.05) is 12.1 Å². The van der Waals surface area contributed by atoms with Crippen LogP contribution in [0.3, 0.4) is 0 Å². The first kappa shape index (κ1) is 24.7. The molecule has 0 aliphatic heterocycles. The fourth-order valence-electron chi connectivity index (χ4n) is 2.98. The second-order valence-electron chi connectivity index (χ2n) is 7.06. The lowest BCUT2D eigenvalue weighted by atomic mass is 10.1. The van der Waals surface area contributed by atoms with E-state index in [4.69, 9.17) is 14.2 Å². The number of carbonyl (C=O) groups excluding carboxylic acids is 1. The molecule has 10 heteroatoms. The number of ether oxygens (including phenoxy) is 3. The lowest BCUT2D eigenvalue weighted by molar-refractivity contribution is -0.384. The molecule has 34 heavy (non-hydrogen) atoms. The first-order valence-corrected chi connectivity index (χ1v) is 10.9. The van der Waals surface area contributed by atoms with Crippen LogP contribution in [0, 0.1) is 10.1 Å². The van der Waals surface area contributed by atoms with Crippen LogP contribution in [-0.4, -0.2) is 31.3 Å². The Morgan fingerprint density at radius 2 is 1.68 bits per heavy atom. The van der Waals surface area contributed by atoms with Gasteiger partial charge in [-0.3, -0.25) is 14.9 Å². The van der Waals surface area contributed by atoms with Crippen molar-refractivity contribution in [1.82, 2.24) is 5.43 Å². The van der Waals surface area contributed by atoms with Crippen molar-refractivity contribution in [3.8, 4) is 17.2 Å². The molecule has 0 atom stereocenters. The van der Waals surface area contributed by atoms with Crippen LogP contribution < -0.4 is 19.6 Å². The van der Waals surface area contributed by atoms with Crippen LogP contribution in [0.5, 0.6) is 17.2 Å². The molecule has 0 aliphatic carbocycles. The Kier molecular flexibility index (Phi) is 8.58. The SMILES string of the molecule is COc1ccc(CC(=O)N/N=C/c2ccc(OCc3ccc([N+](=O)[O-])cc3)c(Br)c2)cc1OC. The summed E-state index contributed by atoms with van der Waals surface area (Å²) < 4.78 is 16.9. The van der Waals surface area contributed by atoms with Gasteiger partial charge in [0.05, 0.1) is 36.3 Å². The summed E-state index contributed by atoms with van der Waals surface area (Å²) in [5, 5.41) is 14.7. The minimum atomic E-state index is -0.444. The number of benzene rings is 3. The van der Waals surface area contributed by atoms with Crippen molar-refractivity contribution in [2.75, 3.05) is 14.2 Å². The fraction of sp³-hybridized carbons (Fsp3) is 0.167. The Balaban J connectivity index is 1.52. The first-order valence-electron chi connectivity index (χ1n) is 10.1. The lowest BCUT2D eigenvalue weighted by Crippen LogP contribution is -2.19. The molecule has 0 saturated heterocycles. The minimum Gasteiger partial charge on any atom is -0.493 e. The average molecular weight is 528 g/mol. The Morgan fingerprint density at radius 1 is 1.00 bits per heavy atom. The number of amides is 1. The number of nitro benzene ring substituents is 1. The molecule has 176 valence electrons. The highest BCUT2D eigenvalue weighted by atomic mass is 79.9. The molecule has 0 saturated carbocycles. The summed E-state index contributed by atoms with van der Waals surface area (Å²) in [6.45, 7) is 0.260. The summed E-state index contributed by atoms with van der Waals surface area (Å²) in [6.07, 6.45) is 1.66. The van der Waals surface area contributed by atoms with Gasteiger partial charge < -0.3 is 14.2 Å². The van der Waals surface area contributed by atoms with Crippen LogP contribution >= 0.6 is 15.9 Å². The van der Waals surface area contributed by atoms with Gasteiger partial charge in [0.15, 0.2) is 11.5 Å². The predicted molar refractivity (Wildman–Crippen MR) is 131 cm³/mol. The highest BCUT2D eigenvalue weighted by molar-refractivity contribution is 9.10. The van der Waals surface area contributed by atoms with Crippen molar-refractivity contribution in [3.63, 3.8) is 0 Å². The van der Waals surface area contributed by atoms with E-state index in [-0.39, 0.29) is 24.6 Å². The smallest absolute Gasteiger partial charge is 0.269 e. The summed E-state index contributed by atoms with van der Waals surface area (Å²) in [5.41, 5.74) is 4.86. The minimum absolute atomic E-state index is 0.0318. The molecule has 0 radical (unpaired) electrons. The van der Waals surface area contributed by atoms with Gasteiger partial charge in [-0.1, -0.05) is 6.07 Å². The largest absolute Gasteiger partial charge is 0.493 e. The second-order valence-corrected chi connectivity index (χ2v) is 7.92. The zero-order valence-electron chi connectivity index (χ0n) is 18.5. The van der Waals surface area contributed by atoms with Crippen molar-refractivity contribution < 1.29 is 23.9 Å². The van der Waals surface area contributed by atoms with E-state index >= 15 is 0 Å². The maximum Gasteiger partial charge on any atom is 0.269 e. The van der Waals surface area contributed by atoms with E-state index in [1.165, 1.54) is 25.5 Å². The molecule has 0 aromatic heterocycles. The molecular formula is C24H22BrN3O6. The monoisotopic (exact) mass is 527 g/mol. The van der Waals surface area contributed by atoms with Gasteiger partial charge in [-0.25, -0.2) is 5.43 Å². The fourth-order valence-corrected chi connectivity index (χ4v) is 3.49. The van der Waals surface area contributed by atoms with E-state index in [0.717, 1.165) is 16.7 Å². The summed E-state index contributed by atoms with van der Waals surface area (Å²) >= 11 is 3.46.